The van der Waals surface area contributed by atoms with E-state index in [4.69, 9.17) is 5.73 Å². The standard InChI is InChI=1S/C11H12N4O2S/c1-7-2-3-8(18-7)6-13-10-5-4-9(15(16)17)11(12)14-10/h2-5H,6H2,1H3,(H3,12,13,14). The highest BCUT2D eigenvalue weighted by atomic mass is 32.1. The molecule has 0 saturated heterocycles. The van der Waals surface area contributed by atoms with Crippen molar-refractivity contribution in [2.24, 2.45) is 0 Å². The molecule has 2 rings (SSSR count). The summed E-state index contributed by atoms with van der Waals surface area (Å²) in [5.41, 5.74) is 5.33. The number of anilines is 2. The van der Waals surface area contributed by atoms with E-state index in [0.29, 0.717) is 12.4 Å². The molecule has 2 aromatic rings. The van der Waals surface area contributed by atoms with E-state index in [1.54, 1.807) is 17.4 Å². The summed E-state index contributed by atoms with van der Waals surface area (Å²) >= 11 is 1.69. The summed E-state index contributed by atoms with van der Waals surface area (Å²) in [7, 11) is 0. The van der Waals surface area contributed by atoms with Crippen molar-refractivity contribution in [2.75, 3.05) is 11.1 Å². The highest BCUT2D eigenvalue weighted by Gasteiger charge is 2.12. The molecular weight excluding hydrogens is 252 g/mol. The number of nitrogens with one attached hydrogen (secondary N) is 1. The third-order valence-corrected chi connectivity index (χ3v) is 3.34. The van der Waals surface area contributed by atoms with E-state index in [2.05, 4.69) is 10.3 Å². The zero-order chi connectivity index (χ0) is 13.1. The molecule has 7 heteroatoms. The lowest BCUT2D eigenvalue weighted by molar-refractivity contribution is -0.384. The molecule has 0 aliphatic heterocycles. The van der Waals surface area contributed by atoms with Crippen LogP contribution in [0.25, 0.3) is 0 Å². The second-order valence-electron chi connectivity index (χ2n) is 3.72. The summed E-state index contributed by atoms with van der Waals surface area (Å²) in [6.45, 7) is 2.67. The van der Waals surface area contributed by atoms with E-state index in [1.165, 1.54) is 15.8 Å². The van der Waals surface area contributed by atoms with E-state index in [-0.39, 0.29) is 11.5 Å². The van der Waals surface area contributed by atoms with Gasteiger partial charge in [-0.05, 0) is 25.1 Å². The maximum absolute atomic E-state index is 10.6. The van der Waals surface area contributed by atoms with Crippen molar-refractivity contribution in [3.8, 4) is 0 Å². The van der Waals surface area contributed by atoms with Gasteiger partial charge in [0.2, 0.25) is 5.82 Å². The predicted octanol–water partition coefficient (Wildman–Crippen LogP) is 2.55. The fourth-order valence-corrected chi connectivity index (χ4v) is 2.31. The minimum absolute atomic E-state index is 0.0765. The Hall–Kier alpha value is -2.15. The second-order valence-corrected chi connectivity index (χ2v) is 5.10. The molecule has 0 aromatic carbocycles. The summed E-state index contributed by atoms with van der Waals surface area (Å²) in [6, 6.07) is 6.97. The Morgan fingerprint density at radius 3 is 2.78 bits per heavy atom. The van der Waals surface area contributed by atoms with Crippen LogP contribution >= 0.6 is 11.3 Å². The fraction of sp³-hybridized carbons (Fsp3) is 0.182. The topological polar surface area (TPSA) is 94.1 Å². The normalized spacial score (nSPS) is 10.3. The van der Waals surface area contributed by atoms with Crippen molar-refractivity contribution >= 4 is 28.7 Å². The van der Waals surface area contributed by atoms with E-state index in [9.17, 15) is 10.1 Å². The number of aromatic nitrogens is 1. The Morgan fingerprint density at radius 2 is 2.22 bits per heavy atom. The van der Waals surface area contributed by atoms with E-state index in [0.717, 1.165) is 0 Å². The highest BCUT2D eigenvalue weighted by molar-refractivity contribution is 7.11. The van der Waals surface area contributed by atoms with Crippen molar-refractivity contribution in [2.45, 2.75) is 13.5 Å². The summed E-state index contributed by atoms with van der Waals surface area (Å²) < 4.78 is 0. The number of nitrogen functional groups attached to an aromatic ring is 1. The molecule has 0 unspecified atom stereocenters. The molecule has 0 atom stereocenters. The molecule has 0 aliphatic rings. The van der Waals surface area contributed by atoms with Crippen LogP contribution in [0.2, 0.25) is 0 Å². The molecule has 0 bridgehead atoms. The lowest BCUT2D eigenvalue weighted by Crippen LogP contribution is -2.04. The van der Waals surface area contributed by atoms with E-state index < -0.39 is 4.92 Å². The molecule has 3 N–H and O–H groups in total. The van der Waals surface area contributed by atoms with Gasteiger partial charge in [-0.25, -0.2) is 4.98 Å². The Morgan fingerprint density at radius 1 is 1.44 bits per heavy atom. The maximum atomic E-state index is 10.6. The van der Waals surface area contributed by atoms with Gasteiger partial charge in [-0.3, -0.25) is 10.1 Å². The maximum Gasteiger partial charge on any atom is 0.311 e. The van der Waals surface area contributed by atoms with Gasteiger partial charge < -0.3 is 11.1 Å². The summed E-state index contributed by atoms with van der Waals surface area (Å²) in [5.74, 6) is 0.455. The van der Waals surface area contributed by atoms with Gasteiger partial charge in [-0.15, -0.1) is 11.3 Å². The first kappa shape index (κ1) is 12.3. The predicted molar refractivity (Wildman–Crippen MR) is 71.7 cm³/mol. The number of nitrogens with two attached hydrogens (primary N) is 1. The van der Waals surface area contributed by atoms with Gasteiger partial charge >= 0.3 is 5.69 Å². The van der Waals surface area contributed by atoms with Gasteiger partial charge in [0.05, 0.1) is 11.5 Å². The SMILES string of the molecule is Cc1ccc(CNc2ccc([N+](=O)[O-])c(N)n2)s1. The quantitative estimate of drug-likeness (QED) is 0.653. The lowest BCUT2D eigenvalue weighted by Gasteiger charge is -2.04. The molecule has 0 saturated carbocycles. The van der Waals surface area contributed by atoms with Crippen LogP contribution in [-0.2, 0) is 6.54 Å². The Balaban J connectivity index is 2.06. The molecule has 2 aromatic heterocycles. The first-order chi connectivity index (χ1) is 8.56. The van der Waals surface area contributed by atoms with Crippen molar-refractivity contribution < 1.29 is 4.92 Å². The van der Waals surface area contributed by atoms with Gasteiger partial charge in [0.25, 0.3) is 0 Å². The van der Waals surface area contributed by atoms with Crippen molar-refractivity contribution in [1.29, 1.82) is 0 Å². The lowest BCUT2D eigenvalue weighted by atomic mass is 10.3. The van der Waals surface area contributed by atoms with Crippen molar-refractivity contribution in [1.82, 2.24) is 4.98 Å². The molecule has 6 nitrogen and oxygen atoms in total. The number of rotatable bonds is 4. The average Bonchev–Trinajstić information content (AvgIpc) is 2.72. The number of nitrogens with zero attached hydrogens (tertiary/aromatic N) is 2. The first-order valence-corrected chi connectivity index (χ1v) is 6.08. The van der Waals surface area contributed by atoms with Crippen LogP contribution in [-0.4, -0.2) is 9.91 Å². The zero-order valence-corrected chi connectivity index (χ0v) is 10.5. The van der Waals surface area contributed by atoms with Crippen LogP contribution < -0.4 is 11.1 Å². The Kier molecular flexibility index (Phi) is 3.42. The first-order valence-electron chi connectivity index (χ1n) is 5.26. The van der Waals surface area contributed by atoms with E-state index in [1.807, 2.05) is 19.1 Å². The molecule has 18 heavy (non-hydrogen) atoms. The number of aryl methyl sites for hydroxylation is 1. The van der Waals surface area contributed by atoms with Crippen LogP contribution in [0.15, 0.2) is 24.3 Å². The number of thiophene rings is 1. The van der Waals surface area contributed by atoms with Crippen molar-refractivity contribution in [3.63, 3.8) is 0 Å². The molecular formula is C11H12N4O2S. The van der Waals surface area contributed by atoms with Gasteiger partial charge in [0, 0.05) is 15.8 Å². The van der Waals surface area contributed by atoms with Crippen LogP contribution in [0.5, 0.6) is 0 Å². The molecule has 0 radical (unpaired) electrons. The van der Waals surface area contributed by atoms with Gasteiger partial charge in [0.1, 0.15) is 5.82 Å². The summed E-state index contributed by atoms with van der Waals surface area (Å²) in [6.07, 6.45) is 0. The van der Waals surface area contributed by atoms with Gasteiger partial charge in [-0.1, -0.05) is 0 Å². The average molecular weight is 264 g/mol. The van der Waals surface area contributed by atoms with Crippen LogP contribution in [0.1, 0.15) is 9.75 Å². The molecule has 0 aliphatic carbocycles. The molecule has 0 fully saturated rings. The van der Waals surface area contributed by atoms with Crippen LogP contribution in [0.4, 0.5) is 17.3 Å². The smallest absolute Gasteiger partial charge is 0.311 e. The second kappa shape index (κ2) is 5.01. The number of pyridine rings is 1. The number of hydrogen-bond acceptors (Lipinski definition) is 6. The minimum atomic E-state index is -0.547. The summed E-state index contributed by atoms with van der Waals surface area (Å²) in [5, 5.41) is 13.7. The van der Waals surface area contributed by atoms with E-state index >= 15 is 0 Å². The number of nitro groups is 1. The minimum Gasteiger partial charge on any atom is -0.378 e. The molecule has 2 heterocycles. The monoisotopic (exact) mass is 264 g/mol. The molecule has 0 spiro atoms. The Labute approximate surface area is 108 Å². The zero-order valence-electron chi connectivity index (χ0n) is 9.71. The molecule has 0 amide bonds. The van der Waals surface area contributed by atoms with Crippen molar-refractivity contribution in [3.05, 3.63) is 44.1 Å². The van der Waals surface area contributed by atoms with Gasteiger partial charge in [-0.2, -0.15) is 0 Å². The highest BCUT2D eigenvalue weighted by Crippen LogP contribution is 2.22. The largest absolute Gasteiger partial charge is 0.378 e. The van der Waals surface area contributed by atoms with Gasteiger partial charge in [0.15, 0.2) is 0 Å². The third-order valence-electron chi connectivity index (χ3n) is 2.34. The Bertz CT molecular complexity index is 582. The summed E-state index contributed by atoms with van der Waals surface area (Å²) in [4.78, 5) is 16.4. The third kappa shape index (κ3) is 2.75. The fourth-order valence-electron chi connectivity index (χ4n) is 1.48. The number of hydrogen-bond donors (Lipinski definition) is 2. The van der Waals surface area contributed by atoms with Crippen LogP contribution in [0, 0.1) is 17.0 Å². The van der Waals surface area contributed by atoms with Crippen LogP contribution in [0.3, 0.4) is 0 Å². The molecule has 94 valence electrons.